The number of benzene rings is 2. The Morgan fingerprint density at radius 3 is 2.08 bits per heavy atom. The van der Waals surface area contributed by atoms with Gasteiger partial charge in [0.1, 0.15) is 0 Å². The zero-order valence-electron chi connectivity index (χ0n) is 21.1. The van der Waals surface area contributed by atoms with E-state index in [1.165, 1.54) is 24.3 Å². The standard InChI is InChI=1S/C25H33N5O7S/c26-30-29-14-15-35-16-17-36-18-19-37-38(33,34)23-11-7-10-22(20-23)25(32)28-13-6-2-5-12-27-24(31)21-8-3-1-4-9-21/h1,3-4,7-11,20H,2,5-6,12-19H2,(H,27,31)(H,28,32). The molecule has 2 N–H and O–H groups in total. The van der Waals surface area contributed by atoms with Crippen LogP contribution in [0.1, 0.15) is 40.0 Å². The molecule has 0 aromatic heterocycles. The van der Waals surface area contributed by atoms with E-state index in [-0.39, 0.29) is 61.9 Å². The minimum Gasteiger partial charge on any atom is -0.379 e. The van der Waals surface area contributed by atoms with Gasteiger partial charge in [0.15, 0.2) is 0 Å². The fourth-order valence-electron chi connectivity index (χ4n) is 3.16. The van der Waals surface area contributed by atoms with E-state index in [4.69, 9.17) is 19.2 Å². The molecule has 12 nitrogen and oxygen atoms in total. The highest BCUT2D eigenvalue weighted by molar-refractivity contribution is 7.86. The van der Waals surface area contributed by atoms with Crippen molar-refractivity contribution in [3.63, 3.8) is 0 Å². The van der Waals surface area contributed by atoms with Crippen LogP contribution >= 0.6 is 0 Å². The van der Waals surface area contributed by atoms with Gasteiger partial charge >= 0.3 is 0 Å². The zero-order valence-corrected chi connectivity index (χ0v) is 21.9. The van der Waals surface area contributed by atoms with Crippen molar-refractivity contribution in [3.05, 3.63) is 76.2 Å². The van der Waals surface area contributed by atoms with Crippen molar-refractivity contribution in [1.29, 1.82) is 0 Å². The number of unbranched alkanes of at least 4 members (excludes halogenated alkanes) is 2. The molecule has 0 bridgehead atoms. The Morgan fingerprint density at radius 2 is 1.39 bits per heavy atom. The van der Waals surface area contributed by atoms with Crippen LogP contribution in [0.2, 0.25) is 0 Å². The maximum absolute atomic E-state index is 12.4. The number of carbonyl (C=O) groups is 2. The van der Waals surface area contributed by atoms with E-state index in [0.29, 0.717) is 25.1 Å². The van der Waals surface area contributed by atoms with Gasteiger partial charge in [-0.3, -0.25) is 13.8 Å². The van der Waals surface area contributed by atoms with Crippen LogP contribution < -0.4 is 10.6 Å². The van der Waals surface area contributed by atoms with E-state index in [0.717, 1.165) is 12.8 Å². The second-order valence-corrected chi connectivity index (χ2v) is 9.54. The van der Waals surface area contributed by atoms with Gasteiger partial charge < -0.3 is 20.1 Å². The van der Waals surface area contributed by atoms with Gasteiger partial charge in [-0.1, -0.05) is 29.4 Å². The van der Waals surface area contributed by atoms with Crippen molar-refractivity contribution in [2.24, 2.45) is 5.11 Å². The molecular weight excluding hydrogens is 514 g/mol. The van der Waals surface area contributed by atoms with Gasteiger partial charge in [-0.25, -0.2) is 0 Å². The molecule has 2 amide bonds. The Morgan fingerprint density at radius 1 is 0.789 bits per heavy atom. The van der Waals surface area contributed by atoms with Crippen molar-refractivity contribution in [1.82, 2.24) is 10.6 Å². The first-order valence-electron chi connectivity index (χ1n) is 12.2. The number of hydrogen-bond donors (Lipinski definition) is 2. The highest BCUT2D eigenvalue weighted by Gasteiger charge is 2.17. The van der Waals surface area contributed by atoms with Crippen LogP contribution in [0.25, 0.3) is 10.4 Å². The highest BCUT2D eigenvalue weighted by atomic mass is 32.2. The van der Waals surface area contributed by atoms with Crippen molar-refractivity contribution in [3.8, 4) is 0 Å². The lowest BCUT2D eigenvalue weighted by atomic mass is 10.2. The largest absolute Gasteiger partial charge is 0.379 e. The molecule has 0 atom stereocenters. The van der Waals surface area contributed by atoms with Crippen LogP contribution in [0, 0.1) is 0 Å². The van der Waals surface area contributed by atoms with Crippen LogP contribution in [-0.2, 0) is 23.8 Å². The van der Waals surface area contributed by atoms with Crippen LogP contribution in [-0.4, -0.2) is 72.9 Å². The molecule has 206 valence electrons. The summed E-state index contributed by atoms with van der Waals surface area (Å²) in [6, 6.07) is 14.6. The van der Waals surface area contributed by atoms with E-state index in [2.05, 4.69) is 20.7 Å². The van der Waals surface area contributed by atoms with Crippen LogP contribution in [0.3, 0.4) is 0 Å². The van der Waals surface area contributed by atoms with E-state index in [9.17, 15) is 18.0 Å². The summed E-state index contributed by atoms with van der Waals surface area (Å²) in [4.78, 5) is 26.9. The molecule has 2 aromatic carbocycles. The third-order valence-electron chi connectivity index (χ3n) is 5.08. The molecule has 0 fully saturated rings. The van der Waals surface area contributed by atoms with Crippen LogP contribution in [0.5, 0.6) is 0 Å². The number of carbonyl (C=O) groups excluding carboxylic acids is 2. The number of amides is 2. The molecule has 0 radical (unpaired) electrons. The van der Waals surface area contributed by atoms with Crippen molar-refractivity contribution >= 4 is 21.9 Å². The maximum Gasteiger partial charge on any atom is 0.297 e. The normalized spacial score (nSPS) is 10.9. The maximum atomic E-state index is 12.4. The summed E-state index contributed by atoms with van der Waals surface area (Å²) in [5.74, 6) is -0.501. The first-order chi connectivity index (χ1) is 18.4. The average molecular weight is 548 g/mol. The second kappa shape index (κ2) is 17.9. The summed E-state index contributed by atoms with van der Waals surface area (Å²) in [5.41, 5.74) is 8.97. The zero-order chi connectivity index (χ0) is 27.5. The molecule has 0 saturated carbocycles. The molecule has 0 saturated heterocycles. The third kappa shape index (κ3) is 12.2. The molecule has 2 aromatic rings. The molecule has 0 unspecified atom stereocenters. The highest BCUT2D eigenvalue weighted by Crippen LogP contribution is 2.14. The molecule has 0 aliphatic rings. The van der Waals surface area contributed by atoms with Gasteiger partial charge in [0.25, 0.3) is 21.9 Å². The summed E-state index contributed by atoms with van der Waals surface area (Å²) >= 11 is 0. The van der Waals surface area contributed by atoms with Gasteiger partial charge in [-0.15, -0.1) is 0 Å². The summed E-state index contributed by atoms with van der Waals surface area (Å²) < 4.78 is 40.3. The quantitative estimate of drug-likeness (QED) is 0.0895. The van der Waals surface area contributed by atoms with Crippen LogP contribution in [0.4, 0.5) is 0 Å². The fourth-order valence-corrected chi connectivity index (χ4v) is 4.10. The summed E-state index contributed by atoms with van der Waals surface area (Å²) in [6.45, 7) is 1.82. The Bertz CT molecular complexity index is 1160. The minimum atomic E-state index is -4.06. The summed E-state index contributed by atoms with van der Waals surface area (Å²) in [5, 5.41) is 8.96. The predicted molar refractivity (Wildman–Crippen MR) is 140 cm³/mol. The SMILES string of the molecule is [N-]=[N+]=NCCOCCOCCOS(=O)(=O)c1cccc(C(=O)NCCCCCNC(=O)c2ccccc2)c1. The smallest absolute Gasteiger partial charge is 0.297 e. The predicted octanol–water partition coefficient (Wildman–Crippen LogP) is 3.07. The number of nitrogens with zero attached hydrogens (tertiary/aromatic N) is 3. The Labute approximate surface area is 222 Å². The number of azide groups is 1. The molecule has 0 heterocycles. The van der Waals surface area contributed by atoms with Crippen LogP contribution in [0.15, 0.2) is 64.6 Å². The summed E-state index contributed by atoms with van der Waals surface area (Å²) in [6.07, 6.45) is 2.29. The Kier molecular flexibility index (Phi) is 14.5. The topological polar surface area (TPSA) is 169 Å². The second-order valence-electron chi connectivity index (χ2n) is 7.92. The van der Waals surface area contributed by atoms with Gasteiger partial charge in [0, 0.05) is 35.7 Å². The molecule has 38 heavy (non-hydrogen) atoms. The molecule has 13 heteroatoms. The fraction of sp³-hybridized carbons (Fsp3) is 0.440. The van der Waals surface area contributed by atoms with Gasteiger partial charge in [-0.2, -0.15) is 8.42 Å². The molecule has 0 aliphatic heterocycles. The Balaban J connectivity index is 1.62. The van der Waals surface area contributed by atoms with E-state index >= 15 is 0 Å². The lowest BCUT2D eigenvalue weighted by Crippen LogP contribution is -2.26. The number of rotatable bonds is 19. The summed E-state index contributed by atoms with van der Waals surface area (Å²) in [7, 11) is -4.06. The first-order valence-corrected chi connectivity index (χ1v) is 13.6. The number of nitrogens with one attached hydrogen (secondary N) is 2. The van der Waals surface area contributed by atoms with Crippen molar-refractivity contribution in [2.75, 3.05) is 52.7 Å². The van der Waals surface area contributed by atoms with E-state index < -0.39 is 10.1 Å². The molecule has 0 spiro atoms. The van der Waals surface area contributed by atoms with E-state index in [1.807, 2.05) is 18.2 Å². The average Bonchev–Trinajstić information content (AvgIpc) is 2.93. The Hall–Kier alpha value is -3.48. The minimum absolute atomic E-state index is 0.0368. The number of hydrogen-bond acceptors (Lipinski definition) is 8. The first kappa shape index (κ1) is 30.7. The molecular formula is C25H33N5O7S. The van der Waals surface area contributed by atoms with Gasteiger partial charge in [0.2, 0.25) is 0 Å². The monoisotopic (exact) mass is 547 g/mol. The van der Waals surface area contributed by atoms with Crippen molar-refractivity contribution < 1.29 is 31.7 Å². The van der Waals surface area contributed by atoms with Gasteiger partial charge in [0.05, 0.1) is 37.9 Å². The third-order valence-corrected chi connectivity index (χ3v) is 6.39. The van der Waals surface area contributed by atoms with Gasteiger partial charge in [-0.05, 0) is 55.1 Å². The van der Waals surface area contributed by atoms with Crippen molar-refractivity contribution in [2.45, 2.75) is 24.2 Å². The molecule has 0 aliphatic carbocycles. The number of ether oxygens (including phenoxy) is 2. The lowest BCUT2D eigenvalue weighted by Gasteiger charge is -2.09. The van der Waals surface area contributed by atoms with E-state index in [1.54, 1.807) is 12.1 Å². The lowest BCUT2D eigenvalue weighted by molar-refractivity contribution is 0.0396. The molecule has 2 rings (SSSR count).